The fourth-order valence-corrected chi connectivity index (χ4v) is 1.79. The van der Waals surface area contributed by atoms with Gasteiger partial charge in [0.05, 0.1) is 6.54 Å². The van der Waals surface area contributed by atoms with Crippen LogP contribution in [0.5, 0.6) is 5.75 Å². The van der Waals surface area contributed by atoms with Crippen molar-refractivity contribution >= 4 is 11.5 Å². The lowest BCUT2D eigenvalue weighted by Crippen LogP contribution is -2.25. The molecule has 0 aliphatic rings. The lowest BCUT2D eigenvalue weighted by molar-refractivity contribution is 0.325. The van der Waals surface area contributed by atoms with Gasteiger partial charge in [-0.2, -0.15) is 0 Å². The number of aromatic nitrogens is 5. The number of benzene rings is 1. The first-order chi connectivity index (χ1) is 10.2. The number of tetrazole rings is 1. The highest BCUT2D eigenvalue weighted by Gasteiger charge is 2.06. The molecule has 0 bridgehead atoms. The minimum Gasteiger partial charge on any atom is -0.492 e. The van der Waals surface area contributed by atoms with Crippen LogP contribution in [-0.4, -0.2) is 45.5 Å². The van der Waals surface area contributed by atoms with E-state index in [4.69, 9.17) is 4.74 Å². The van der Waals surface area contributed by atoms with Gasteiger partial charge in [-0.3, -0.25) is 0 Å². The molecule has 1 aromatic carbocycles. The summed E-state index contributed by atoms with van der Waals surface area (Å²) >= 11 is 0. The summed E-state index contributed by atoms with van der Waals surface area (Å²) in [6.45, 7) is 1.08. The minimum atomic E-state index is -0.279. The zero-order valence-corrected chi connectivity index (χ0v) is 11.3. The first kappa shape index (κ1) is 13.2. The predicted octanol–water partition coefficient (Wildman–Crippen LogP) is 1.17. The lowest BCUT2D eigenvalue weighted by atomic mass is 10.3. The highest BCUT2D eigenvalue weighted by atomic mass is 19.1. The molecule has 0 fully saturated rings. The van der Waals surface area contributed by atoms with Gasteiger partial charge in [0.2, 0.25) is 0 Å². The van der Waals surface area contributed by atoms with Crippen LogP contribution in [0.3, 0.4) is 0 Å². The number of fused-ring (bicyclic) bond motifs is 1. The average Bonchev–Trinajstić information content (AvgIpc) is 2.96. The number of anilines is 1. The van der Waals surface area contributed by atoms with Crippen molar-refractivity contribution in [3.05, 3.63) is 42.2 Å². The monoisotopic (exact) mass is 288 g/mol. The highest BCUT2D eigenvalue weighted by Crippen LogP contribution is 2.12. The van der Waals surface area contributed by atoms with E-state index in [2.05, 4.69) is 20.6 Å². The molecule has 0 amide bonds. The van der Waals surface area contributed by atoms with Gasteiger partial charge in [-0.15, -0.1) is 14.8 Å². The Balaban J connectivity index is 1.58. The van der Waals surface area contributed by atoms with Crippen molar-refractivity contribution in [2.75, 3.05) is 25.1 Å². The maximum atomic E-state index is 12.8. The summed E-state index contributed by atoms with van der Waals surface area (Å²) in [5.74, 6) is 1.09. The van der Waals surface area contributed by atoms with Crippen molar-refractivity contribution in [2.24, 2.45) is 0 Å². The number of likely N-dealkylation sites (N-methyl/N-ethyl adjacent to an activating group) is 1. The Labute approximate surface area is 119 Å². The van der Waals surface area contributed by atoms with Crippen molar-refractivity contribution in [2.45, 2.75) is 0 Å². The number of nitrogens with zero attached hydrogens (tertiary/aromatic N) is 6. The molecule has 108 valence electrons. The average molecular weight is 288 g/mol. The van der Waals surface area contributed by atoms with Crippen LogP contribution in [0.25, 0.3) is 5.65 Å². The molecule has 0 unspecified atom stereocenters. The first-order valence-corrected chi connectivity index (χ1v) is 6.37. The SMILES string of the molecule is CN(CCOc1ccc(F)cc1)c1ccc2nnnn2n1. The van der Waals surface area contributed by atoms with Crippen LogP contribution in [0.15, 0.2) is 36.4 Å². The van der Waals surface area contributed by atoms with E-state index in [-0.39, 0.29) is 5.82 Å². The topological polar surface area (TPSA) is 68.4 Å². The van der Waals surface area contributed by atoms with Crippen molar-refractivity contribution < 1.29 is 9.13 Å². The Morgan fingerprint density at radius 2 is 2.00 bits per heavy atom. The quantitative estimate of drug-likeness (QED) is 0.702. The predicted molar refractivity (Wildman–Crippen MR) is 73.7 cm³/mol. The normalized spacial score (nSPS) is 10.8. The largest absolute Gasteiger partial charge is 0.492 e. The molecule has 0 N–H and O–H groups in total. The van der Waals surface area contributed by atoms with Crippen LogP contribution in [0.2, 0.25) is 0 Å². The fraction of sp³-hybridized carbons (Fsp3) is 0.231. The van der Waals surface area contributed by atoms with E-state index in [0.717, 1.165) is 5.82 Å². The van der Waals surface area contributed by atoms with Crippen LogP contribution in [0.4, 0.5) is 10.2 Å². The molecule has 0 aliphatic heterocycles. The summed E-state index contributed by atoms with van der Waals surface area (Å²) in [5, 5.41) is 15.4. The number of rotatable bonds is 5. The van der Waals surface area contributed by atoms with Gasteiger partial charge < -0.3 is 9.64 Å². The van der Waals surface area contributed by atoms with Crippen LogP contribution < -0.4 is 9.64 Å². The third-order valence-corrected chi connectivity index (χ3v) is 2.96. The summed E-state index contributed by atoms with van der Waals surface area (Å²) in [5.41, 5.74) is 0.592. The maximum absolute atomic E-state index is 12.8. The first-order valence-electron chi connectivity index (χ1n) is 6.37. The Morgan fingerprint density at radius 3 is 2.81 bits per heavy atom. The Morgan fingerprint density at radius 1 is 1.19 bits per heavy atom. The van der Waals surface area contributed by atoms with Gasteiger partial charge >= 0.3 is 0 Å². The van der Waals surface area contributed by atoms with Crippen LogP contribution in [0, 0.1) is 5.82 Å². The smallest absolute Gasteiger partial charge is 0.200 e. The lowest BCUT2D eigenvalue weighted by Gasteiger charge is -2.17. The zero-order valence-electron chi connectivity index (χ0n) is 11.3. The van der Waals surface area contributed by atoms with Crippen LogP contribution in [-0.2, 0) is 0 Å². The fourth-order valence-electron chi connectivity index (χ4n) is 1.79. The van der Waals surface area contributed by atoms with E-state index in [9.17, 15) is 4.39 Å². The molecule has 3 rings (SSSR count). The van der Waals surface area contributed by atoms with Gasteiger partial charge in [-0.05, 0) is 46.8 Å². The van der Waals surface area contributed by atoms with E-state index in [1.165, 1.54) is 16.8 Å². The van der Waals surface area contributed by atoms with Gasteiger partial charge in [0, 0.05) is 7.05 Å². The van der Waals surface area contributed by atoms with E-state index in [1.807, 2.05) is 18.0 Å². The molecule has 3 aromatic rings. The number of ether oxygens (including phenoxy) is 1. The number of halogens is 1. The number of hydrogen-bond acceptors (Lipinski definition) is 6. The van der Waals surface area contributed by atoms with Gasteiger partial charge in [0.1, 0.15) is 18.2 Å². The molecule has 0 saturated carbocycles. The molecule has 2 heterocycles. The van der Waals surface area contributed by atoms with Crippen molar-refractivity contribution in [3.63, 3.8) is 0 Å². The van der Waals surface area contributed by atoms with Gasteiger partial charge in [0.15, 0.2) is 11.5 Å². The van der Waals surface area contributed by atoms with Crippen molar-refractivity contribution in [3.8, 4) is 5.75 Å². The standard InChI is InChI=1S/C13H13FN6O/c1-19(8-9-21-11-4-2-10(14)3-5-11)13-7-6-12-15-17-18-20(12)16-13/h2-7H,8-9H2,1H3. The van der Waals surface area contributed by atoms with Crippen LogP contribution >= 0.6 is 0 Å². The molecule has 0 spiro atoms. The maximum Gasteiger partial charge on any atom is 0.200 e. The summed E-state index contributed by atoms with van der Waals surface area (Å²) in [6.07, 6.45) is 0. The third-order valence-electron chi connectivity index (χ3n) is 2.96. The Hall–Kier alpha value is -2.77. The number of hydrogen-bond donors (Lipinski definition) is 0. The van der Waals surface area contributed by atoms with Crippen molar-refractivity contribution in [1.29, 1.82) is 0 Å². The molecule has 21 heavy (non-hydrogen) atoms. The summed E-state index contributed by atoms with van der Waals surface area (Å²) < 4.78 is 19.7. The van der Waals surface area contributed by atoms with E-state index in [0.29, 0.717) is 24.5 Å². The zero-order chi connectivity index (χ0) is 14.7. The van der Waals surface area contributed by atoms with E-state index < -0.39 is 0 Å². The van der Waals surface area contributed by atoms with E-state index >= 15 is 0 Å². The molecule has 7 nitrogen and oxygen atoms in total. The molecular weight excluding hydrogens is 275 g/mol. The van der Waals surface area contributed by atoms with Crippen molar-refractivity contribution in [1.82, 2.24) is 25.3 Å². The molecule has 2 aromatic heterocycles. The van der Waals surface area contributed by atoms with E-state index in [1.54, 1.807) is 18.2 Å². The molecule has 8 heteroatoms. The molecular formula is C13H13FN6O. The minimum absolute atomic E-state index is 0.279. The molecule has 0 radical (unpaired) electrons. The summed E-state index contributed by atoms with van der Waals surface area (Å²) in [6, 6.07) is 9.56. The summed E-state index contributed by atoms with van der Waals surface area (Å²) in [7, 11) is 1.90. The highest BCUT2D eigenvalue weighted by molar-refractivity contribution is 5.43. The second kappa shape index (κ2) is 5.70. The Kier molecular flexibility index (Phi) is 3.59. The molecule has 0 atom stereocenters. The van der Waals surface area contributed by atoms with Crippen LogP contribution in [0.1, 0.15) is 0 Å². The molecule has 0 saturated heterocycles. The van der Waals surface area contributed by atoms with Gasteiger partial charge in [-0.1, -0.05) is 0 Å². The van der Waals surface area contributed by atoms with Gasteiger partial charge in [0.25, 0.3) is 0 Å². The summed E-state index contributed by atoms with van der Waals surface area (Å²) in [4.78, 5) is 1.92. The van der Waals surface area contributed by atoms with Gasteiger partial charge in [-0.25, -0.2) is 4.39 Å². The molecule has 0 aliphatic carbocycles. The second-order valence-corrected chi connectivity index (χ2v) is 4.44. The Bertz CT molecular complexity index is 729. The second-order valence-electron chi connectivity index (χ2n) is 4.44. The third kappa shape index (κ3) is 3.04.